The summed E-state index contributed by atoms with van der Waals surface area (Å²) in [6.07, 6.45) is 5.21. The third-order valence-electron chi connectivity index (χ3n) is 6.40. The van der Waals surface area contributed by atoms with Crippen LogP contribution in [0.1, 0.15) is 19.8 Å². The van der Waals surface area contributed by atoms with Crippen LogP contribution in [0.4, 0.5) is 0 Å². The molecule has 4 aromatic carbocycles. The topological polar surface area (TPSA) is 26.3 Å². The molecule has 0 saturated carbocycles. The van der Waals surface area contributed by atoms with Gasteiger partial charge in [-0.15, -0.1) is 0 Å². The summed E-state index contributed by atoms with van der Waals surface area (Å²) in [6, 6.07) is 43.1. The molecule has 0 saturated heterocycles. The van der Waals surface area contributed by atoms with Gasteiger partial charge < -0.3 is 4.52 Å². The fourth-order valence-electron chi connectivity index (χ4n) is 4.66. The van der Waals surface area contributed by atoms with Gasteiger partial charge >= 0.3 is 0 Å². The Morgan fingerprint density at radius 3 is 1.11 bits per heavy atom. The molecule has 0 radical (unpaired) electrons. The lowest BCUT2D eigenvalue weighted by molar-refractivity contribution is 0.332. The second-order valence-electron chi connectivity index (χ2n) is 9.03. The molecular weight excluding hydrogens is 509 g/mol. The average Bonchev–Trinajstić information content (AvgIpc) is 2.96. The highest BCUT2D eigenvalue weighted by molar-refractivity contribution is 7.73. The van der Waals surface area contributed by atoms with Crippen molar-refractivity contribution in [2.45, 2.75) is 19.8 Å². The molecule has 0 aromatic heterocycles. The maximum Gasteiger partial charge on any atom is 0.203 e. The third-order valence-corrected chi connectivity index (χ3v) is 14.3. The van der Waals surface area contributed by atoms with Crippen molar-refractivity contribution < 1.29 is 9.09 Å². The first kappa shape index (κ1) is 28.0. The van der Waals surface area contributed by atoms with E-state index in [9.17, 15) is 4.57 Å². The highest BCUT2D eigenvalue weighted by Gasteiger charge is 2.24. The van der Waals surface area contributed by atoms with E-state index in [-0.39, 0.29) is 0 Å². The van der Waals surface area contributed by atoms with Crippen LogP contribution < -0.4 is 21.2 Å². The number of hydrogen-bond acceptors (Lipinski definition) is 2. The predicted octanol–water partition coefficient (Wildman–Crippen LogP) is 7.35. The fourth-order valence-corrected chi connectivity index (χ4v) is 12.1. The van der Waals surface area contributed by atoms with Crippen molar-refractivity contribution in [1.82, 2.24) is 0 Å². The molecule has 5 heteroatoms. The summed E-state index contributed by atoms with van der Waals surface area (Å²) in [4.78, 5) is 0. The molecule has 192 valence electrons. The minimum Gasteiger partial charge on any atom is -0.329 e. The van der Waals surface area contributed by atoms with E-state index < -0.39 is 23.2 Å². The molecule has 4 aromatic rings. The molecule has 0 fully saturated rings. The Labute approximate surface area is 225 Å². The van der Waals surface area contributed by atoms with Crippen LogP contribution in [0, 0.1) is 0 Å². The molecule has 0 atom stereocenters. The van der Waals surface area contributed by atoms with Gasteiger partial charge in [0.1, 0.15) is 0 Å². The zero-order valence-electron chi connectivity index (χ0n) is 21.7. The van der Waals surface area contributed by atoms with Gasteiger partial charge in [0.05, 0.1) is 6.61 Å². The van der Waals surface area contributed by atoms with Crippen molar-refractivity contribution in [3.8, 4) is 0 Å². The first-order valence-electron chi connectivity index (χ1n) is 13.2. The second-order valence-corrected chi connectivity index (χ2v) is 16.5. The van der Waals surface area contributed by atoms with Crippen molar-refractivity contribution in [2.75, 3.05) is 31.3 Å². The van der Waals surface area contributed by atoms with E-state index in [0.717, 1.165) is 25.2 Å². The van der Waals surface area contributed by atoms with Crippen molar-refractivity contribution in [3.63, 3.8) is 0 Å². The first-order chi connectivity index (χ1) is 18.2. The Bertz CT molecular complexity index is 1050. The lowest BCUT2D eigenvalue weighted by Gasteiger charge is -2.23. The molecule has 37 heavy (non-hydrogen) atoms. The van der Waals surface area contributed by atoms with Crippen LogP contribution in [-0.2, 0) is 9.09 Å². The van der Waals surface area contributed by atoms with Gasteiger partial charge in [-0.25, -0.2) is 0 Å². The molecule has 0 aliphatic carbocycles. The van der Waals surface area contributed by atoms with E-state index in [4.69, 9.17) is 4.52 Å². The van der Waals surface area contributed by atoms with Gasteiger partial charge in [0, 0.05) is 12.3 Å². The van der Waals surface area contributed by atoms with E-state index in [1.165, 1.54) is 21.2 Å². The standard InChI is InChI=1S/C32H37O2P3/c1-2-34-37(33,27-15-25-35(29-17-7-3-8-18-29)30-19-9-4-10-20-30)28-16-26-36(31-21-11-5-12-22-31)32-23-13-6-14-24-32/h3-14,17-24H,2,15-16,25-28H2,1H3. The summed E-state index contributed by atoms with van der Waals surface area (Å²) < 4.78 is 19.9. The number of benzene rings is 4. The second kappa shape index (κ2) is 14.8. The SMILES string of the molecule is CCOP(=O)(CCCP(c1ccccc1)c1ccccc1)CCCP(c1ccccc1)c1ccccc1. The fraction of sp³-hybridized carbons (Fsp3) is 0.250. The first-order valence-corrected chi connectivity index (χ1v) is 18.2. The van der Waals surface area contributed by atoms with Gasteiger partial charge in [0.2, 0.25) is 7.37 Å². The van der Waals surface area contributed by atoms with Crippen molar-refractivity contribution in [3.05, 3.63) is 121 Å². The van der Waals surface area contributed by atoms with E-state index in [2.05, 4.69) is 121 Å². The molecule has 0 unspecified atom stereocenters. The van der Waals surface area contributed by atoms with Crippen molar-refractivity contribution >= 4 is 44.4 Å². The van der Waals surface area contributed by atoms with Gasteiger partial charge in [-0.2, -0.15) is 0 Å². The molecule has 0 aliphatic rings. The molecule has 0 amide bonds. The summed E-state index contributed by atoms with van der Waals surface area (Å²) >= 11 is 0. The van der Waals surface area contributed by atoms with Crippen molar-refractivity contribution in [1.29, 1.82) is 0 Å². The molecule has 0 N–H and O–H groups in total. The molecule has 0 spiro atoms. The molecule has 0 heterocycles. The van der Waals surface area contributed by atoms with Gasteiger partial charge in [-0.05, 0) is 69.2 Å². The zero-order valence-corrected chi connectivity index (χ0v) is 24.3. The molecular formula is C32H37O2P3. The van der Waals surface area contributed by atoms with Crippen molar-refractivity contribution in [2.24, 2.45) is 0 Å². The minimum atomic E-state index is -2.68. The Morgan fingerprint density at radius 2 is 0.838 bits per heavy atom. The third kappa shape index (κ3) is 8.46. The zero-order chi connectivity index (χ0) is 25.8. The number of hydrogen-bond donors (Lipinski definition) is 0. The monoisotopic (exact) mass is 546 g/mol. The Kier molecular flexibility index (Phi) is 11.1. The molecule has 2 nitrogen and oxygen atoms in total. The number of rotatable bonds is 14. The van der Waals surface area contributed by atoms with Crippen LogP contribution in [0.2, 0.25) is 0 Å². The highest BCUT2D eigenvalue weighted by Crippen LogP contribution is 2.50. The summed E-state index contributed by atoms with van der Waals surface area (Å²) in [7, 11) is -3.62. The van der Waals surface area contributed by atoms with Gasteiger partial charge in [-0.1, -0.05) is 121 Å². The normalized spacial score (nSPS) is 11.8. The Balaban J connectivity index is 1.40. The Hall–Kier alpha value is -2.07. The largest absolute Gasteiger partial charge is 0.329 e. The molecule has 4 rings (SSSR count). The maximum atomic E-state index is 13.9. The highest BCUT2D eigenvalue weighted by atomic mass is 31.2. The van der Waals surface area contributed by atoms with E-state index in [1.54, 1.807) is 0 Å². The van der Waals surface area contributed by atoms with Crippen LogP contribution in [0.15, 0.2) is 121 Å². The minimum absolute atomic E-state index is 0.470. The van der Waals surface area contributed by atoms with Crippen LogP contribution in [0.25, 0.3) is 0 Å². The lowest BCUT2D eigenvalue weighted by atomic mass is 10.4. The lowest BCUT2D eigenvalue weighted by Crippen LogP contribution is -2.16. The smallest absolute Gasteiger partial charge is 0.203 e. The summed E-state index contributed by atoms with van der Waals surface area (Å²) in [5.74, 6) is 0. The Morgan fingerprint density at radius 1 is 0.541 bits per heavy atom. The summed E-state index contributed by atoms with van der Waals surface area (Å²) in [5.41, 5.74) is 0. The van der Waals surface area contributed by atoms with Gasteiger partial charge in [0.15, 0.2) is 0 Å². The quantitative estimate of drug-likeness (QED) is 0.155. The van der Waals surface area contributed by atoms with Gasteiger partial charge in [0.25, 0.3) is 0 Å². The van der Waals surface area contributed by atoms with Gasteiger partial charge in [-0.3, -0.25) is 4.57 Å². The predicted molar refractivity (Wildman–Crippen MR) is 166 cm³/mol. The maximum absolute atomic E-state index is 13.9. The van der Waals surface area contributed by atoms with Crippen LogP contribution >= 0.6 is 23.2 Å². The average molecular weight is 547 g/mol. The van der Waals surface area contributed by atoms with Crippen LogP contribution in [0.5, 0.6) is 0 Å². The van der Waals surface area contributed by atoms with Crippen LogP contribution in [-0.4, -0.2) is 31.3 Å². The van der Waals surface area contributed by atoms with E-state index in [0.29, 0.717) is 18.9 Å². The molecule has 0 bridgehead atoms. The molecule has 0 aliphatic heterocycles. The summed E-state index contributed by atoms with van der Waals surface area (Å²) in [5, 5.41) is 5.52. The van der Waals surface area contributed by atoms with E-state index in [1.807, 2.05) is 6.92 Å². The summed E-state index contributed by atoms with van der Waals surface area (Å²) in [6.45, 7) is 2.48. The van der Waals surface area contributed by atoms with Crippen LogP contribution in [0.3, 0.4) is 0 Å². The van der Waals surface area contributed by atoms with E-state index >= 15 is 0 Å².